The van der Waals surface area contributed by atoms with E-state index >= 15 is 0 Å². The molecule has 0 N–H and O–H groups in total. The zero-order valence-corrected chi connectivity index (χ0v) is 45.4. The Bertz CT molecular complexity index is 3420. The smallest absolute Gasteiger partial charge is 0.252 e. The van der Waals surface area contributed by atoms with E-state index in [1.165, 1.54) is 132 Å². The summed E-state index contributed by atoms with van der Waals surface area (Å²) in [7, 11) is 0. The van der Waals surface area contributed by atoms with Crippen LogP contribution in [-0.2, 0) is 44.4 Å². The van der Waals surface area contributed by atoms with Gasteiger partial charge < -0.3 is 14.7 Å². The van der Waals surface area contributed by atoms with E-state index in [1.807, 2.05) is 0 Å². The van der Waals surface area contributed by atoms with Gasteiger partial charge in [-0.15, -0.1) is 0 Å². The van der Waals surface area contributed by atoms with Crippen molar-refractivity contribution in [3.63, 3.8) is 0 Å². The maximum Gasteiger partial charge on any atom is 0.252 e. The summed E-state index contributed by atoms with van der Waals surface area (Å²) in [5, 5.41) is 0. The zero-order chi connectivity index (χ0) is 50.3. The molecule has 0 fully saturated rings. The highest BCUT2D eigenvalue weighted by atomic mass is 15.3. The van der Waals surface area contributed by atoms with Gasteiger partial charge in [-0.3, -0.25) is 0 Å². The van der Waals surface area contributed by atoms with Gasteiger partial charge in [0.15, 0.2) is 0 Å². The van der Waals surface area contributed by atoms with Crippen molar-refractivity contribution in [1.82, 2.24) is 0 Å². The van der Waals surface area contributed by atoms with E-state index in [1.54, 1.807) is 0 Å². The number of benzene rings is 7. The molecule has 0 bridgehead atoms. The highest BCUT2D eigenvalue weighted by molar-refractivity contribution is 7.00. The molecule has 7 aromatic rings. The first kappa shape index (κ1) is 45.8. The lowest BCUT2D eigenvalue weighted by Crippen LogP contribution is -2.62. The van der Waals surface area contributed by atoms with E-state index in [0.717, 1.165) is 12.8 Å². The molecule has 0 aromatic heterocycles. The van der Waals surface area contributed by atoms with Crippen LogP contribution in [0.1, 0.15) is 167 Å². The number of nitrogens with zero attached hydrogens (tertiary/aromatic N) is 3. The quantitative estimate of drug-likeness (QED) is 0.163. The Balaban J connectivity index is 1.18. The van der Waals surface area contributed by atoms with Crippen molar-refractivity contribution < 1.29 is 0 Å². The van der Waals surface area contributed by atoms with Crippen LogP contribution < -0.4 is 31.1 Å². The molecule has 3 heterocycles. The Morgan fingerprint density at radius 3 is 1.67 bits per heavy atom. The first-order valence-corrected chi connectivity index (χ1v) is 27.4. The van der Waals surface area contributed by atoms with Gasteiger partial charge in [0.25, 0.3) is 6.71 Å². The SMILES string of the molecule is CC(C)(C)c1ccc2c(c1)C1(C)CCc3ccccc3C1(C)N2c1cc2c3c(c1)N(c1ccc4c(c1)C(C)(C)CCC4(C)C)c1cc4c(cc1B3c1ccccc1N2c1ccccc1)C(C)(C)CCC4(C)C. The summed E-state index contributed by atoms with van der Waals surface area (Å²) in [5.74, 6) is 0. The standard InChI is InChI=1S/C68H74BN3/c1-62(2,3)44-27-30-56-53(37-44)67(12)32-31-43-21-17-18-24-48(43)68(67,13)72(56)47-39-59-61-60(40-47)71(46-28-29-49-50(38-46)64(6,7)34-33-63(49,4)5)58-42-52-51(65(8,9)35-36-66(52,10)11)41-55(58)69(61)54-25-19-20-26-57(54)70(59)45-22-15-14-16-23-45/h14-30,37-42H,31-36H2,1-13H3. The van der Waals surface area contributed by atoms with Crippen molar-refractivity contribution in [2.75, 3.05) is 14.7 Å². The minimum Gasteiger partial charge on any atom is -0.330 e. The van der Waals surface area contributed by atoms with Crippen molar-refractivity contribution in [2.45, 2.75) is 167 Å². The fourth-order valence-corrected chi connectivity index (χ4v) is 15.2. The number of anilines is 8. The van der Waals surface area contributed by atoms with Crippen LogP contribution in [0.15, 0.2) is 140 Å². The topological polar surface area (TPSA) is 9.72 Å². The summed E-state index contributed by atoms with van der Waals surface area (Å²) in [6.07, 6.45) is 6.86. The second-order valence-electron chi connectivity index (χ2n) is 27.0. The minimum absolute atomic E-state index is 0.0197. The van der Waals surface area contributed by atoms with Crippen LogP contribution in [0.25, 0.3) is 0 Å². The summed E-state index contributed by atoms with van der Waals surface area (Å²) in [6, 6.07) is 55.7. The monoisotopic (exact) mass is 944 g/mol. The Morgan fingerprint density at radius 1 is 0.403 bits per heavy atom. The molecule has 72 heavy (non-hydrogen) atoms. The van der Waals surface area contributed by atoms with Gasteiger partial charge in [-0.05, 0) is 188 Å². The van der Waals surface area contributed by atoms with Crippen molar-refractivity contribution in [3.8, 4) is 0 Å². The van der Waals surface area contributed by atoms with Crippen molar-refractivity contribution >= 4 is 68.6 Å². The predicted molar refractivity (Wildman–Crippen MR) is 308 cm³/mol. The van der Waals surface area contributed by atoms with Gasteiger partial charge in [0.1, 0.15) is 0 Å². The first-order chi connectivity index (χ1) is 34.1. The largest absolute Gasteiger partial charge is 0.330 e. The number of rotatable bonds is 3. The van der Waals surface area contributed by atoms with E-state index in [9.17, 15) is 0 Å². The summed E-state index contributed by atoms with van der Waals surface area (Å²) in [6.45, 7) is 32.2. The molecule has 0 radical (unpaired) electrons. The molecule has 2 unspecified atom stereocenters. The van der Waals surface area contributed by atoms with Gasteiger partial charge in [0.05, 0.1) is 5.54 Å². The van der Waals surface area contributed by atoms with E-state index in [-0.39, 0.29) is 44.7 Å². The second-order valence-corrected chi connectivity index (χ2v) is 27.0. The van der Waals surface area contributed by atoms with Crippen LogP contribution in [0.2, 0.25) is 0 Å². The van der Waals surface area contributed by atoms with E-state index < -0.39 is 0 Å². The van der Waals surface area contributed by atoms with Gasteiger partial charge in [-0.25, -0.2) is 0 Å². The maximum absolute atomic E-state index is 2.81. The molecule has 3 aliphatic carbocycles. The average Bonchev–Trinajstić information content (AvgIpc) is 3.56. The van der Waals surface area contributed by atoms with E-state index in [4.69, 9.17) is 0 Å². The van der Waals surface area contributed by atoms with Gasteiger partial charge in [-0.2, -0.15) is 0 Å². The zero-order valence-electron chi connectivity index (χ0n) is 45.4. The molecule has 6 aliphatic rings. The third-order valence-corrected chi connectivity index (χ3v) is 20.0. The molecule has 364 valence electrons. The van der Waals surface area contributed by atoms with Crippen molar-refractivity contribution in [1.29, 1.82) is 0 Å². The number of hydrogen-bond donors (Lipinski definition) is 0. The second kappa shape index (κ2) is 14.8. The lowest BCUT2D eigenvalue weighted by atomic mass is 9.33. The molecule has 2 atom stereocenters. The maximum atomic E-state index is 2.81. The Kier molecular flexibility index (Phi) is 9.44. The van der Waals surface area contributed by atoms with Crippen LogP contribution in [0.3, 0.4) is 0 Å². The van der Waals surface area contributed by atoms with Crippen LogP contribution >= 0.6 is 0 Å². The highest BCUT2D eigenvalue weighted by Gasteiger charge is 2.60. The molecule has 0 spiro atoms. The summed E-state index contributed by atoms with van der Waals surface area (Å²) < 4.78 is 0. The molecule has 0 amide bonds. The lowest BCUT2D eigenvalue weighted by Gasteiger charge is -2.52. The third-order valence-electron chi connectivity index (χ3n) is 20.0. The highest BCUT2D eigenvalue weighted by Crippen LogP contribution is 2.65. The van der Waals surface area contributed by atoms with Crippen molar-refractivity contribution in [3.05, 3.63) is 184 Å². The number of aryl methyl sites for hydroxylation is 1. The fourth-order valence-electron chi connectivity index (χ4n) is 15.2. The van der Waals surface area contributed by atoms with Gasteiger partial charge >= 0.3 is 0 Å². The normalized spacial score (nSPS) is 23.2. The molecule has 0 saturated heterocycles. The summed E-state index contributed by atoms with van der Waals surface area (Å²) in [5.41, 5.74) is 25.8. The number of hydrogen-bond acceptors (Lipinski definition) is 3. The number of fused-ring (bicyclic) bond motifs is 11. The first-order valence-electron chi connectivity index (χ1n) is 27.4. The molecular weight excluding hydrogens is 870 g/mol. The van der Waals surface area contributed by atoms with Crippen LogP contribution in [0, 0.1) is 0 Å². The summed E-state index contributed by atoms with van der Waals surface area (Å²) >= 11 is 0. The average molecular weight is 944 g/mol. The number of para-hydroxylation sites is 2. The van der Waals surface area contributed by atoms with Crippen LogP contribution in [-0.4, -0.2) is 6.71 Å². The Labute approximate surface area is 431 Å². The van der Waals surface area contributed by atoms with Crippen LogP contribution in [0.4, 0.5) is 45.5 Å². The van der Waals surface area contributed by atoms with Gasteiger partial charge in [0.2, 0.25) is 0 Å². The van der Waals surface area contributed by atoms with E-state index in [2.05, 4.69) is 244 Å². The van der Waals surface area contributed by atoms with Crippen molar-refractivity contribution in [2.24, 2.45) is 0 Å². The molecule has 4 heteroatoms. The molecule has 7 aromatic carbocycles. The third kappa shape index (κ3) is 6.17. The van der Waals surface area contributed by atoms with E-state index in [0.29, 0.717) is 0 Å². The molecule has 3 nitrogen and oxygen atoms in total. The van der Waals surface area contributed by atoms with Crippen LogP contribution in [0.5, 0.6) is 0 Å². The molecule has 13 rings (SSSR count). The van der Waals surface area contributed by atoms with Gasteiger partial charge in [-0.1, -0.05) is 168 Å². The molecular formula is C68H74BN3. The molecule has 3 aliphatic heterocycles. The minimum atomic E-state index is -0.376. The fraction of sp³-hybridized carbons (Fsp3) is 0.382. The predicted octanol–water partition coefficient (Wildman–Crippen LogP) is 16.0. The Hall–Kier alpha value is -6.00. The molecule has 0 saturated carbocycles. The van der Waals surface area contributed by atoms with Gasteiger partial charge in [0, 0.05) is 50.9 Å². The Morgan fingerprint density at radius 2 is 0.986 bits per heavy atom. The summed E-state index contributed by atoms with van der Waals surface area (Å²) in [4.78, 5) is 8.17. The lowest BCUT2D eigenvalue weighted by molar-refractivity contribution is 0.245.